The Labute approximate surface area is 113 Å². The maximum Gasteiger partial charge on any atom is 0.411 e. The highest BCUT2D eigenvalue weighted by Gasteiger charge is 2.15. The zero-order valence-electron chi connectivity index (χ0n) is 11.1. The van der Waals surface area contributed by atoms with Crippen LogP contribution in [0.15, 0.2) is 24.3 Å². The van der Waals surface area contributed by atoms with Gasteiger partial charge in [0.15, 0.2) is 0 Å². The van der Waals surface area contributed by atoms with Gasteiger partial charge in [-0.2, -0.15) is 0 Å². The summed E-state index contributed by atoms with van der Waals surface area (Å²) in [4.78, 5) is 11.7. The first kappa shape index (κ1) is 13.7. The van der Waals surface area contributed by atoms with Gasteiger partial charge in [0.2, 0.25) is 0 Å². The van der Waals surface area contributed by atoms with Crippen LogP contribution in [0.5, 0.6) is 5.75 Å². The lowest BCUT2D eigenvalue weighted by Crippen LogP contribution is -2.31. The second-order valence-electron chi connectivity index (χ2n) is 4.65. The Hall–Kier alpha value is -1.75. The number of carbonyl (C=O) groups excluding carboxylic acids is 1. The van der Waals surface area contributed by atoms with Crippen molar-refractivity contribution in [1.29, 1.82) is 0 Å². The standard InChI is InChI=1S/C14H20N2O3/c1-18-13-4-2-3-12(9-13)16-14(17)19-10-11-5-7-15-8-6-11/h2-4,9,11,15H,5-8,10H2,1H3,(H,16,17). The first-order chi connectivity index (χ1) is 9.28. The minimum Gasteiger partial charge on any atom is -0.497 e. The molecule has 104 valence electrons. The van der Waals surface area contributed by atoms with Crippen molar-refractivity contribution in [2.24, 2.45) is 5.92 Å². The van der Waals surface area contributed by atoms with Crippen LogP contribution in [0.25, 0.3) is 0 Å². The summed E-state index contributed by atoms with van der Waals surface area (Å²) in [5.74, 6) is 1.17. The largest absolute Gasteiger partial charge is 0.497 e. The molecule has 0 atom stereocenters. The number of amides is 1. The van der Waals surface area contributed by atoms with Gasteiger partial charge in [0.25, 0.3) is 0 Å². The van der Waals surface area contributed by atoms with E-state index in [4.69, 9.17) is 9.47 Å². The third kappa shape index (κ3) is 4.44. The number of carbonyl (C=O) groups is 1. The summed E-state index contributed by atoms with van der Waals surface area (Å²) in [6, 6.07) is 7.20. The number of rotatable bonds is 4. The summed E-state index contributed by atoms with van der Waals surface area (Å²) in [7, 11) is 1.59. The van der Waals surface area contributed by atoms with Crippen molar-refractivity contribution in [2.75, 3.05) is 32.1 Å². The van der Waals surface area contributed by atoms with Crippen LogP contribution in [0.3, 0.4) is 0 Å². The SMILES string of the molecule is COc1cccc(NC(=O)OCC2CCNCC2)c1. The highest BCUT2D eigenvalue weighted by Crippen LogP contribution is 2.17. The minimum atomic E-state index is -0.410. The molecule has 0 radical (unpaired) electrons. The fourth-order valence-electron chi connectivity index (χ4n) is 2.10. The number of piperidine rings is 1. The highest BCUT2D eigenvalue weighted by atomic mass is 16.5. The monoisotopic (exact) mass is 264 g/mol. The summed E-state index contributed by atoms with van der Waals surface area (Å²) >= 11 is 0. The topological polar surface area (TPSA) is 59.6 Å². The van der Waals surface area contributed by atoms with Crippen molar-refractivity contribution in [1.82, 2.24) is 5.32 Å². The van der Waals surface area contributed by atoms with E-state index in [1.165, 1.54) is 0 Å². The van der Waals surface area contributed by atoms with Gasteiger partial charge in [0.05, 0.1) is 13.7 Å². The molecule has 1 fully saturated rings. The molecule has 1 heterocycles. The van der Waals surface area contributed by atoms with Crippen molar-refractivity contribution >= 4 is 11.8 Å². The maximum atomic E-state index is 11.7. The van der Waals surface area contributed by atoms with Crippen molar-refractivity contribution < 1.29 is 14.3 Å². The molecular weight excluding hydrogens is 244 g/mol. The van der Waals surface area contributed by atoms with E-state index in [1.54, 1.807) is 19.2 Å². The molecular formula is C14H20N2O3. The fraction of sp³-hybridized carbons (Fsp3) is 0.500. The van der Waals surface area contributed by atoms with Crippen LogP contribution >= 0.6 is 0 Å². The van der Waals surface area contributed by atoms with E-state index in [1.807, 2.05) is 12.1 Å². The second kappa shape index (κ2) is 6.99. The summed E-state index contributed by atoms with van der Waals surface area (Å²) in [5.41, 5.74) is 0.676. The number of anilines is 1. The Bertz CT molecular complexity index is 417. The number of benzene rings is 1. The van der Waals surface area contributed by atoms with Gasteiger partial charge in [0.1, 0.15) is 5.75 Å². The summed E-state index contributed by atoms with van der Waals surface area (Å²) in [6.07, 6.45) is 1.71. The third-order valence-electron chi connectivity index (χ3n) is 3.22. The van der Waals surface area contributed by atoms with Crippen LogP contribution < -0.4 is 15.4 Å². The molecule has 1 aromatic carbocycles. The third-order valence-corrected chi connectivity index (χ3v) is 3.22. The average molecular weight is 264 g/mol. The first-order valence-corrected chi connectivity index (χ1v) is 6.56. The maximum absolute atomic E-state index is 11.7. The lowest BCUT2D eigenvalue weighted by atomic mass is 9.99. The zero-order valence-corrected chi connectivity index (χ0v) is 11.1. The van der Waals surface area contributed by atoms with Crippen LogP contribution in [-0.2, 0) is 4.74 Å². The van der Waals surface area contributed by atoms with Gasteiger partial charge >= 0.3 is 6.09 Å². The summed E-state index contributed by atoms with van der Waals surface area (Å²) in [6.45, 7) is 2.49. The molecule has 5 heteroatoms. The van der Waals surface area contributed by atoms with Crippen LogP contribution in [0.2, 0.25) is 0 Å². The van der Waals surface area contributed by atoms with Gasteiger partial charge in [-0.15, -0.1) is 0 Å². The Morgan fingerprint density at radius 3 is 2.95 bits per heavy atom. The van der Waals surface area contributed by atoms with Crippen molar-refractivity contribution in [3.63, 3.8) is 0 Å². The van der Waals surface area contributed by atoms with E-state index in [0.29, 0.717) is 24.0 Å². The molecule has 1 aliphatic rings. The van der Waals surface area contributed by atoms with Crippen molar-refractivity contribution in [3.8, 4) is 5.75 Å². The van der Waals surface area contributed by atoms with Crippen molar-refractivity contribution in [3.05, 3.63) is 24.3 Å². The molecule has 1 aliphatic heterocycles. The molecule has 0 aromatic heterocycles. The van der Waals surface area contributed by atoms with Gasteiger partial charge in [0, 0.05) is 11.8 Å². The van der Waals surface area contributed by atoms with Gasteiger partial charge in [-0.25, -0.2) is 4.79 Å². The van der Waals surface area contributed by atoms with E-state index < -0.39 is 6.09 Å². The number of hydrogen-bond acceptors (Lipinski definition) is 4. The number of ether oxygens (including phenoxy) is 2. The molecule has 1 aromatic rings. The Balaban J connectivity index is 1.76. The Kier molecular flexibility index (Phi) is 5.03. The minimum absolute atomic E-state index is 0.410. The molecule has 1 amide bonds. The number of nitrogens with one attached hydrogen (secondary N) is 2. The van der Waals surface area contributed by atoms with E-state index in [2.05, 4.69) is 10.6 Å². The lowest BCUT2D eigenvalue weighted by Gasteiger charge is -2.22. The van der Waals surface area contributed by atoms with E-state index in [0.717, 1.165) is 25.9 Å². The normalized spacial score (nSPS) is 15.8. The smallest absolute Gasteiger partial charge is 0.411 e. The van der Waals surface area contributed by atoms with E-state index >= 15 is 0 Å². The number of hydrogen-bond donors (Lipinski definition) is 2. The van der Waals surface area contributed by atoms with Crippen LogP contribution in [0, 0.1) is 5.92 Å². The van der Waals surface area contributed by atoms with Crippen LogP contribution in [0.4, 0.5) is 10.5 Å². The molecule has 0 unspecified atom stereocenters. The van der Waals surface area contributed by atoms with Gasteiger partial charge in [-0.3, -0.25) is 5.32 Å². The van der Waals surface area contributed by atoms with Gasteiger partial charge in [-0.1, -0.05) is 6.07 Å². The molecule has 1 saturated heterocycles. The molecule has 2 N–H and O–H groups in total. The molecule has 0 aliphatic carbocycles. The van der Waals surface area contributed by atoms with E-state index in [9.17, 15) is 4.79 Å². The van der Waals surface area contributed by atoms with Crippen LogP contribution in [-0.4, -0.2) is 32.9 Å². The molecule has 0 saturated carbocycles. The van der Waals surface area contributed by atoms with Gasteiger partial charge in [-0.05, 0) is 44.0 Å². The van der Waals surface area contributed by atoms with E-state index in [-0.39, 0.29) is 0 Å². The number of methoxy groups -OCH3 is 1. The van der Waals surface area contributed by atoms with Crippen LogP contribution in [0.1, 0.15) is 12.8 Å². The summed E-state index contributed by atoms with van der Waals surface area (Å²) in [5, 5.41) is 5.98. The second-order valence-corrected chi connectivity index (χ2v) is 4.65. The lowest BCUT2D eigenvalue weighted by molar-refractivity contribution is 0.131. The summed E-state index contributed by atoms with van der Waals surface area (Å²) < 4.78 is 10.3. The van der Waals surface area contributed by atoms with Crippen molar-refractivity contribution in [2.45, 2.75) is 12.8 Å². The molecule has 19 heavy (non-hydrogen) atoms. The first-order valence-electron chi connectivity index (χ1n) is 6.56. The average Bonchev–Trinajstić information content (AvgIpc) is 2.46. The quantitative estimate of drug-likeness (QED) is 0.875. The molecule has 0 bridgehead atoms. The Morgan fingerprint density at radius 2 is 2.21 bits per heavy atom. The zero-order chi connectivity index (χ0) is 13.5. The molecule has 2 rings (SSSR count). The predicted octanol–water partition coefficient (Wildman–Crippen LogP) is 2.24. The fourth-order valence-corrected chi connectivity index (χ4v) is 2.10. The Morgan fingerprint density at radius 1 is 1.42 bits per heavy atom. The predicted molar refractivity (Wildman–Crippen MR) is 73.6 cm³/mol. The molecule has 0 spiro atoms. The van der Waals surface area contributed by atoms with Gasteiger partial charge < -0.3 is 14.8 Å². The highest BCUT2D eigenvalue weighted by molar-refractivity contribution is 5.84. The molecule has 5 nitrogen and oxygen atoms in total.